The molecule has 0 radical (unpaired) electrons. The van der Waals surface area contributed by atoms with Gasteiger partial charge in [-0.1, -0.05) is 29.8 Å². The van der Waals surface area contributed by atoms with Gasteiger partial charge < -0.3 is 9.88 Å². The van der Waals surface area contributed by atoms with E-state index in [-0.39, 0.29) is 0 Å². The molecule has 4 nitrogen and oxygen atoms in total. The van der Waals surface area contributed by atoms with Crippen molar-refractivity contribution in [3.05, 3.63) is 59.5 Å². The quantitative estimate of drug-likeness (QED) is 0.807. The van der Waals surface area contributed by atoms with Crippen molar-refractivity contribution < 1.29 is 0 Å². The SMILES string of the molecule is Cc1ccc(Cn2c(C3CCCNC3)nc3cccnc32)cc1. The van der Waals surface area contributed by atoms with E-state index in [9.17, 15) is 0 Å². The molecule has 1 atom stereocenters. The number of aromatic nitrogens is 3. The minimum atomic E-state index is 0.475. The van der Waals surface area contributed by atoms with Crippen LogP contribution in [0.1, 0.15) is 35.7 Å². The predicted octanol–water partition coefficient (Wildman–Crippen LogP) is 3.26. The van der Waals surface area contributed by atoms with Crippen LogP contribution in [0, 0.1) is 6.92 Å². The van der Waals surface area contributed by atoms with Gasteiger partial charge in [0.05, 0.1) is 6.54 Å². The van der Waals surface area contributed by atoms with Gasteiger partial charge in [0.15, 0.2) is 5.65 Å². The van der Waals surface area contributed by atoms with Gasteiger partial charge in [0.2, 0.25) is 0 Å². The van der Waals surface area contributed by atoms with Gasteiger partial charge in [0, 0.05) is 18.7 Å². The first-order valence-electron chi connectivity index (χ1n) is 8.39. The van der Waals surface area contributed by atoms with Crippen molar-refractivity contribution in [2.45, 2.75) is 32.2 Å². The number of hydrogen-bond acceptors (Lipinski definition) is 3. The maximum absolute atomic E-state index is 4.91. The highest BCUT2D eigenvalue weighted by Gasteiger charge is 2.22. The molecule has 23 heavy (non-hydrogen) atoms. The molecule has 0 spiro atoms. The normalized spacial score (nSPS) is 18.4. The van der Waals surface area contributed by atoms with Crippen molar-refractivity contribution in [2.75, 3.05) is 13.1 Å². The lowest BCUT2D eigenvalue weighted by atomic mass is 9.99. The minimum Gasteiger partial charge on any atom is -0.316 e. The fraction of sp³-hybridized carbons (Fsp3) is 0.368. The lowest BCUT2D eigenvalue weighted by molar-refractivity contribution is 0.437. The fourth-order valence-electron chi connectivity index (χ4n) is 3.39. The monoisotopic (exact) mass is 306 g/mol. The highest BCUT2D eigenvalue weighted by molar-refractivity contribution is 5.71. The maximum Gasteiger partial charge on any atom is 0.160 e. The van der Waals surface area contributed by atoms with Crippen molar-refractivity contribution in [1.29, 1.82) is 0 Å². The second-order valence-corrected chi connectivity index (χ2v) is 6.43. The average molecular weight is 306 g/mol. The summed E-state index contributed by atoms with van der Waals surface area (Å²) in [5.74, 6) is 1.65. The van der Waals surface area contributed by atoms with Crippen LogP contribution in [0.25, 0.3) is 11.2 Å². The fourth-order valence-corrected chi connectivity index (χ4v) is 3.39. The first kappa shape index (κ1) is 14.4. The van der Waals surface area contributed by atoms with Crippen molar-refractivity contribution >= 4 is 11.2 Å². The Morgan fingerprint density at radius 2 is 2.09 bits per heavy atom. The zero-order valence-electron chi connectivity index (χ0n) is 13.5. The molecule has 1 saturated heterocycles. The van der Waals surface area contributed by atoms with Crippen LogP contribution in [0.4, 0.5) is 0 Å². The van der Waals surface area contributed by atoms with Crippen LogP contribution >= 0.6 is 0 Å². The van der Waals surface area contributed by atoms with Crippen LogP contribution in [0.5, 0.6) is 0 Å². The molecule has 118 valence electrons. The molecule has 0 aliphatic carbocycles. The van der Waals surface area contributed by atoms with Crippen LogP contribution in [-0.2, 0) is 6.54 Å². The molecule has 1 unspecified atom stereocenters. The molecule has 1 aromatic carbocycles. The Morgan fingerprint density at radius 1 is 1.22 bits per heavy atom. The van der Waals surface area contributed by atoms with E-state index >= 15 is 0 Å². The lowest BCUT2D eigenvalue weighted by Crippen LogP contribution is -2.30. The molecule has 2 aromatic heterocycles. The van der Waals surface area contributed by atoms with E-state index in [1.807, 2.05) is 12.3 Å². The summed E-state index contributed by atoms with van der Waals surface area (Å²) < 4.78 is 2.30. The largest absolute Gasteiger partial charge is 0.316 e. The lowest BCUT2D eigenvalue weighted by Gasteiger charge is -2.23. The standard InChI is InChI=1S/C19H22N4/c1-14-6-8-15(9-7-14)13-23-18(16-4-2-10-20-12-16)22-17-5-3-11-21-19(17)23/h3,5-9,11,16,20H,2,4,10,12-13H2,1H3. The van der Waals surface area contributed by atoms with Crippen LogP contribution < -0.4 is 5.32 Å². The summed E-state index contributed by atoms with van der Waals surface area (Å²) in [5, 5.41) is 3.50. The van der Waals surface area contributed by atoms with E-state index in [1.165, 1.54) is 29.8 Å². The van der Waals surface area contributed by atoms with Crippen molar-refractivity contribution in [2.24, 2.45) is 0 Å². The Morgan fingerprint density at radius 3 is 2.87 bits per heavy atom. The third-order valence-electron chi connectivity index (χ3n) is 4.66. The molecule has 0 saturated carbocycles. The molecular weight excluding hydrogens is 284 g/mol. The summed E-state index contributed by atoms with van der Waals surface area (Å²) in [4.78, 5) is 9.50. The Hall–Kier alpha value is -2.20. The van der Waals surface area contributed by atoms with Gasteiger partial charge in [0.25, 0.3) is 0 Å². The molecule has 1 aliphatic heterocycles. The van der Waals surface area contributed by atoms with E-state index in [0.717, 1.165) is 30.8 Å². The number of nitrogens with zero attached hydrogens (tertiary/aromatic N) is 3. The van der Waals surface area contributed by atoms with E-state index in [0.29, 0.717) is 5.92 Å². The molecule has 4 rings (SSSR count). The number of aryl methyl sites for hydroxylation is 1. The Bertz CT molecular complexity index is 798. The van der Waals surface area contributed by atoms with E-state index < -0.39 is 0 Å². The number of benzene rings is 1. The molecule has 1 N–H and O–H groups in total. The van der Waals surface area contributed by atoms with Gasteiger partial charge in [-0.15, -0.1) is 0 Å². The Balaban J connectivity index is 1.77. The first-order chi connectivity index (χ1) is 11.3. The Labute approximate surface area is 136 Å². The number of rotatable bonds is 3. The second kappa shape index (κ2) is 6.13. The van der Waals surface area contributed by atoms with Crippen LogP contribution in [0.2, 0.25) is 0 Å². The second-order valence-electron chi connectivity index (χ2n) is 6.43. The summed E-state index contributed by atoms with van der Waals surface area (Å²) in [6.07, 6.45) is 4.27. The molecule has 3 heterocycles. The van der Waals surface area contributed by atoms with Crippen LogP contribution in [-0.4, -0.2) is 27.6 Å². The van der Waals surface area contributed by atoms with Crippen LogP contribution in [0.15, 0.2) is 42.6 Å². The van der Waals surface area contributed by atoms with Crippen molar-refractivity contribution in [1.82, 2.24) is 19.9 Å². The number of hydrogen-bond donors (Lipinski definition) is 1. The number of fused-ring (bicyclic) bond motifs is 1. The van der Waals surface area contributed by atoms with Gasteiger partial charge in [-0.05, 0) is 44.0 Å². The zero-order valence-corrected chi connectivity index (χ0v) is 13.5. The third kappa shape index (κ3) is 2.86. The van der Waals surface area contributed by atoms with E-state index in [4.69, 9.17) is 4.98 Å². The number of pyridine rings is 1. The smallest absolute Gasteiger partial charge is 0.160 e. The average Bonchev–Trinajstić information content (AvgIpc) is 2.96. The van der Waals surface area contributed by atoms with Crippen LogP contribution in [0.3, 0.4) is 0 Å². The third-order valence-corrected chi connectivity index (χ3v) is 4.66. The molecule has 1 aliphatic rings. The molecule has 3 aromatic rings. The highest BCUT2D eigenvalue weighted by atomic mass is 15.1. The van der Waals surface area contributed by atoms with E-state index in [2.05, 4.69) is 52.1 Å². The summed E-state index contributed by atoms with van der Waals surface area (Å²) in [5.41, 5.74) is 4.58. The number of imidazole rings is 1. The molecule has 4 heteroatoms. The number of piperidine rings is 1. The molecule has 1 fully saturated rings. The van der Waals surface area contributed by atoms with Gasteiger partial charge in [0.1, 0.15) is 11.3 Å². The van der Waals surface area contributed by atoms with Crippen molar-refractivity contribution in [3.8, 4) is 0 Å². The summed E-state index contributed by atoms with van der Waals surface area (Å²) in [7, 11) is 0. The summed E-state index contributed by atoms with van der Waals surface area (Å²) in [6.45, 7) is 5.08. The maximum atomic E-state index is 4.91. The van der Waals surface area contributed by atoms with Gasteiger partial charge in [-0.2, -0.15) is 0 Å². The molecular formula is C19H22N4. The highest BCUT2D eigenvalue weighted by Crippen LogP contribution is 2.26. The van der Waals surface area contributed by atoms with E-state index in [1.54, 1.807) is 0 Å². The van der Waals surface area contributed by atoms with Gasteiger partial charge >= 0.3 is 0 Å². The summed E-state index contributed by atoms with van der Waals surface area (Å²) >= 11 is 0. The van der Waals surface area contributed by atoms with Gasteiger partial charge in [-0.25, -0.2) is 9.97 Å². The topological polar surface area (TPSA) is 42.7 Å². The molecule has 0 bridgehead atoms. The Kier molecular flexibility index (Phi) is 3.83. The van der Waals surface area contributed by atoms with Crippen molar-refractivity contribution in [3.63, 3.8) is 0 Å². The van der Waals surface area contributed by atoms with Gasteiger partial charge in [-0.3, -0.25) is 0 Å². The summed E-state index contributed by atoms with van der Waals surface area (Å²) in [6, 6.07) is 12.8. The first-order valence-corrected chi connectivity index (χ1v) is 8.39. The zero-order chi connectivity index (χ0) is 15.6. The molecule has 0 amide bonds. The predicted molar refractivity (Wildman–Crippen MR) is 92.7 cm³/mol. The number of nitrogens with one attached hydrogen (secondary N) is 1. The minimum absolute atomic E-state index is 0.475.